The number of hydrogen-bond acceptors (Lipinski definition) is 3. The lowest BCUT2D eigenvalue weighted by molar-refractivity contribution is 0.581. The molecule has 0 amide bonds. The molecule has 5 nitrogen and oxygen atoms in total. The minimum absolute atomic E-state index is 0.183. The number of para-hydroxylation sites is 1. The van der Waals surface area contributed by atoms with Crippen LogP contribution in [0.25, 0.3) is 16.5 Å². The SMILES string of the molecule is O=S(=O)(NCc1cnn(-c2ccccc2)c1)c1ccc2ccccc2c1. The number of benzene rings is 3. The summed E-state index contributed by atoms with van der Waals surface area (Å²) < 4.78 is 29.5. The van der Waals surface area contributed by atoms with Crippen LogP contribution in [0.2, 0.25) is 0 Å². The second-order valence-electron chi connectivity index (χ2n) is 5.96. The fourth-order valence-corrected chi connectivity index (χ4v) is 3.82. The summed E-state index contributed by atoms with van der Waals surface area (Å²) >= 11 is 0. The number of sulfonamides is 1. The van der Waals surface area contributed by atoms with Crippen molar-refractivity contribution in [3.8, 4) is 5.69 Å². The second kappa shape index (κ2) is 6.74. The van der Waals surface area contributed by atoms with E-state index in [1.54, 1.807) is 23.0 Å². The van der Waals surface area contributed by atoms with E-state index in [4.69, 9.17) is 0 Å². The highest BCUT2D eigenvalue weighted by atomic mass is 32.2. The van der Waals surface area contributed by atoms with Gasteiger partial charge in [0.15, 0.2) is 0 Å². The molecule has 0 spiro atoms. The topological polar surface area (TPSA) is 64.0 Å². The van der Waals surface area contributed by atoms with E-state index in [-0.39, 0.29) is 11.4 Å². The van der Waals surface area contributed by atoms with Gasteiger partial charge in [0, 0.05) is 18.3 Å². The van der Waals surface area contributed by atoms with Crippen molar-refractivity contribution in [1.29, 1.82) is 0 Å². The first-order chi connectivity index (χ1) is 12.6. The normalized spacial score (nSPS) is 11.7. The third-order valence-electron chi connectivity index (χ3n) is 4.15. The lowest BCUT2D eigenvalue weighted by Crippen LogP contribution is -2.23. The van der Waals surface area contributed by atoms with Crippen LogP contribution in [0.3, 0.4) is 0 Å². The Morgan fingerprint density at radius 3 is 2.42 bits per heavy atom. The van der Waals surface area contributed by atoms with Gasteiger partial charge in [0.05, 0.1) is 16.8 Å². The summed E-state index contributed by atoms with van der Waals surface area (Å²) in [6.07, 6.45) is 3.48. The molecule has 0 aliphatic carbocycles. The molecular formula is C20H17N3O2S. The predicted molar refractivity (Wildman–Crippen MR) is 102 cm³/mol. The molecule has 0 aliphatic heterocycles. The quantitative estimate of drug-likeness (QED) is 0.590. The summed E-state index contributed by atoms with van der Waals surface area (Å²) in [4.78, 5) is 0.256. The first-order valence-corrected chi connectivity index (χ1v) is 9.68. The molecule has 0 atom stereocenters. The Kier molecular flexibility index (Phi) is 4.28. The Bertz CT molecular complexity index is 1150. The van der Waals surface area contributed by atoms with Crippen LogP contribution in [0.4, 0.5) is 0 Å². The largest absolute Gasteiger partial charge is 0.241 e. The van der Waals surface area contributed by atoms with Gasteiger partial charge < -0.3 is 0 Å². The fourth-order valence-electron chi connectivity index (χ4n) is 2.77. The Labute approximate surface area is 152 Å². The van der Waals surface area contributed by atoms with E-state index in [2.05, 4.69) is 9.82 Å². The number of hydrogen-bond donors (Lipinski definition) is 1. The zero-order chi connectivity index (χ0) is 18.0. The fraction of sp³-hybridized carbons (Fsp3) is 0.0500. The first kappa shape index (κ1) is 16.5. The van der Waals surface area contributed by atoms with Crippen LogP contribution >= 0.6 is 0 Å². The highest BCUT2D eigenvalue weighted by molar-refractivity contribution is 7.89. The van der Waals surface area contributed by atoms with E-state index in [1.807, 2.05) is 66.9 Å². The molecule has 1 aromatic heterocycles. The van der Waals surface area contributed by atoms with Crippen molar-refractivity contribution in [1.82, 2.24) is 14.5 Å². The van der Waals surface area contributed by atoms with Crippen molar-refractivity contribution in [2.45, 2.75) is 11.4 Å². The Morgan fingerprint density at radius 2 is 1.62 bits per heavy atom. The molecule has 4 aromatic rings. The zero-order valence-electron chi connectivity index (χ0n) is 13.9. The maximum atomic E-state index is 12.6. The molecule has 3 aromatic carbocycles. The summed E-state index contributed by atoms with van der Waals surface area (Å²) in [6.45, 7) is 0.183. The van der Waals surface area contributed by atoms with Crippen LogP contribution in [0.1, 0.15) is 5.56 Å². The molecule has 0 fully saturated rings. The van der Waals surface area contributed by atoms with Crippen LogP contribution in [-0.2, 0) is 16.6 Å². The van der Waals surface area contributed by atoms with Crippen molar-refractivity contribution in [2.24, 2.45) is 0 Å². The number of rotatable bonds is 5. The highest BCUT2D eigenvalue weighted by Crippen LogP contribution is 2.19. The lowest BCUT2D eigenvalue weighted by Gasteiger charge is -2.07. The van der Waals surface area contributed by atoms with Crippen LogP contribution in [-0.4, -0.2) is 18.2 Å². The van der Waals surface area contributed by atoms with Gasteiger partial charge in [-0.05, 0) is 35.0 Å². The Morgan fingerprint density at radius 1 is 0.885 bits per heavy atom. The molecule has 0 saturated carbocycles. The van der Waals surface area contributed by atoms with Crippen LogP contribution < -0.4 is 4.72 Å². The molecule has 4 rings (SSSR count). The van der Waals surface area contributed by atoms with Crippen molar-refractivity contribution >= 4 is 20.8 Å². The van der Waals surface area contributed by atoms with E-state index in [0.717, 1.165) is 22.0 Å². The third-order valence-corrected chi connectivity index (χ3v) is 5.55. The highest BCUT2D eigenvalue weighted by Gasteiger charge is 2.14. The minimum Gasteiger partial charge on any atom is -0.241 e. The van der Waals surface area contributed by atoms with Gasteiger partial charge in [-0.3, -0.25) is 0 Å². The molecular weight excluding hydrogens is 346 g/mol. The smallest absolute Gasteiger partial charge is 0.240 e. The van der Waals surface area contributed by atoms with E-state index in [9.17, 15) is 8.42 Å². The summed E-state index contributed by atoms with van der Waals surface area (Å²) in [6, 6.07) is 22.5. The summed E-state index contributed by atoms with van der Waals surface area (Å²) in [5.74, 6) is 0. The second-order valence-corrected chi connectivity index (χ2v) is 7.73. The van der Waals surface area contributed by atoms with E-state index in [1.165, 1.54) is 0 Å². The van der Waals surface area contributed by atoms with Crippen LogP contribution in [0.15, 0.2) is 90.1 Å². The van der Waals surface area contributed by atoms with Gasteiger partial charge in [-0.25, -0.2) is 17.8 Å². The zero-order valence-corrected chi connectivity index (χ0v) is 14.7. The minimum atomic E-state index is -3.59. The monoisotopic (exact) mass is 363 g/mol. The van der Waals surface area contributed by atoms with Crippen molar-refractivity contribution in [3.05, 3.63) is 90.8 Å². The van der Waals surface area contributed by atoms with Crippen molar-refractivity contribution < 1.29 is 8.42 Å². The van der Waals surface area contributed by atoms with Crippen LogP contribution in [0.5, 0.6) is 0 Å². The Hall–Kier alpha value is -2.96. The van der Waals surface area contributed by atoms with Gasteiger partial charge in [-0.2, -0.15) is 5.10 Å². The molecule has 0 radical (unpaired) electrons. The van der Waals surface area contributed by atoms with Gasteiger partial charge >= 0.3 is 0 Å². The average molecular weight is 363 g/mol. The molecule has 26 heavy (non-hydrogen) atoms. The molecule has 1 heterocycles. The number of nitrogens with one attached hydrogen (secondary N) is 1. The van der Waals surface area contributed by atoms with Gasteiger partial charge in [0.2, 0.25) is 10.0 Å². The van der Waals surface area contributed by atoms with Gasteiger partial charge in [0.25, 0.3) is 0 Å². The number of nitrogens with zero attached hydrogens (tertiary/aromatic N) is 2. The van der Waals surface area contributed by atoms with Crippen LogP contribution in [0, 0.1) is 0 Å². The molecule has 0 aliphatic rings. The molecule has 0 saturated heterocycles. The van der Waals surface area contributed by atoms with E-state index in [0.29, 0.717) is 0 Å². The van der Waals surface area contributed by atoms with Gasteiger partial charge in [0.1, 0.15) is 0 Å². The molecule has 130 valence electrons. The maximum absolute atomic E-state index is 12.6. The average Bonchev–Trinajstić information content (AvgIpc) is 3.16. The Balaban J connectivity index is 1.52. The van der Waals surface area contributed by atoms with Gasteiger partial charge in [-0.15, -0.1) is 0 Å². The third kappa shape index (κ3) is 3.37. The summed E-state index contributed by atoms with van der Waals surface area (Å²) in [5, 5.41) is 6.19. The number of aromatic nitrogens is 2. The number of fused-ring (bicyclic) bond motifs is 1. The van der Waals surface area contributed by atoms with E-state index < -0.39 is 10.0 Å². The summed E-state index contributed by atoms with van der Waals surface area (Å²) in [7, 11) is -3.59. The molecule has 0 bridgehead atoms. The lowest BCUT2D eigenvalue weighted by atomic mass is 10.1. The standard InChI is InChI=1S/C20H17N3O2S/c24-26(25,20-11-10-17-6-4-5-7-18(17)12-20)22-14-16-13-21-23(15-16)19-8-2-1-3-9-19/h1-13,15,22H,14H2. The summed E-state index contributed by atoms with van der Waals surface area (Å²) in [5.41, 5.74) is 1.72. The van der Waals surface area contributed by atoms with Crippen molar-refractivity contribution in [2.75, 3.05) is 0 Å². The molecule has 1 N–H and O–H groups in total. The first-order valence-electron chi connectivity index (χ1n) is 8.19. The maximum Gasteiger partial charge on any atom is 0.240 e. The van der Waals surface area contributed by atoms with Crippen molar-refractivity contribution in [3.63, 3.8) is 0 Å². The predicted octanol–water partition coefficient (Wildman–Crippen LogP) is 3.50. The molecule has 6 heteroatoms. The molecule has 0 unspecified atom stereocenters. The van der Waals surface area contributed by atoms with E-state index >= 15 is 0 Å². The van der Waals surface area contributed by atoms with Gasteiger partial charge in [-0.1, -0.05) is 48.5 Å².